The first kappa shape index (κ1) is 16.1. The monoisotopic (exact) mass is 374 g/mol. The van der Waals surface area contributed by atoms with Gasteiger partial charge in [-0.3, -0.25) is 9.69 Å². The molecule has 0 bridgehead atoms. The van der Waals surface area contributed by atoms with E-state index in [0.717, 1.165) is 4.47 Å². The lowest BCUT2D eigenvalue weighted by molar-refractivity contribution is 0.0653. The highest BCUT2D eigenvalue weighted by Gasteiger charge is 2.23. The van der Waals surface area contributed by atoms with E-state index in [1.54, 1.807) is 23.1 Å². The van der Waals surface area contributed by atoms with E-state index in [0.29, 0.717) is 43.3 Å². The zero-order valence-electron chi connectivity index (χ0n) is 11.3. The maximum absolute atomic E-state index is 12.4. The minimum Gasteiger partial charge on any atom is -0.409 e. The number of amides is 1. The second-order valence-corrected chi connectivity index (χ2v) is 6.17. The molecule has 1 fully saturated rings. The molecule has 0 spiro atoms. The highest BCUT2D eigenvalue weighted by atomic mass is 79.9. The minimum absolute atomic E-state index is 0.0401. The molecule has 114 valence electrons. The Hall–Kier alpha value is -1.31. The van der Waals surface area contributed by atoms with Gasteiger partial charge in [-0.05, 0) is 18.2 Å². The zero-order valence-corrected chi connectivity index (χ0v) is 13.6. The molecule has 0 unspecified atom stereocenters. The molecule has 2 rings (SSSR count). The topological polar surface area (TPSA) is 82.2 Å². The van der Waals surface area contributed by atoms with Gasteiger partial charge in [0.1, 0.15) is 0 Å². The third kappa shape index (κ3) is 4.33. The van der Waals surface area contributed by atoms with Crippen molar-refractivity contribution in [2.45, 2.75) is 0 Å². The van der Waals surface area contributed by atoms with Gasteiger partial charge in [0.05, 0.1) is 6.54 Å². The molecule has 1 heterocycles. The number of piperazine rings is 1. The van der Waals surface area contributed by atoms with Crippen LogP contribution in [0.2, 0.25) is 5.02 Å². The molecule has 1 aromatic rings. The molecule has 21 heavy (non-hydrogen) atoms. The second-order valence-electron chi connectivity index (χ2n) is 4.82. The van der Waals surface area contributed by atoms with Crippen LogP contribution in [0, 0.1) is 0 Å². The highest BCUT2D eigenvalue weighted by Crippen LogP contribution is 2.21. The van der Waals surface area contributed by atoms with Crippen molar-refractivity contribution in [1.82, 2.24) is 9.80 Å². The lowest BCUT2D eigenvalue weighted by atomic mass is 10.2. The highest BCUT2D eigenvalue weighted by molar-refractivity contribution is 9.10. The van der Waals surface area contributed by atoms with Crippen molar-refractivity contribution in [3.8, 4) is 0 Å². The van der Waals surface area contributed by atoms with Crippen LogP contribution in [0.25, 0.3) is 0 Å². The second kappa shape index (κ2) is 7.11. The Labute approximate surface area is 136 Å². The molecule has 0 radical (unpaired) electrons. The molecule has 0 aliphatic carbocycles. The third-order valence-corrected chi connectivity index (χ3v) is 3.96. The molecule has 6 nitrogen and oxygen atoms in total. The fourth-order valence-corrected chi connectivity index (χ4v) is 3.09. The summed E-state index contributed by atoms with van der Waals surface area (Å²) < 4.78 is 0.781. The van der Waals surface area contributed by atoms with E-state index < -0.39 is 0 Å². The van der Waals surface area contributed by atoms with Crippen molar-refractivity contribution in [3.05, 3.63) is 33.3 Å². The summed E-state index contributed by atoms with van der Waals surface area (Å²) in [6, 6.07) is 5.17. The van der Waals surface area contributed by atoms with Crippen LogP contribution in [-0.2, 0) is 0 Å². The maximum atomic E-state index is 12.4. The quantitative estimate of drug-likeness (QED) is 0.364. The standard InChI is InChI=1S/C13H16BrClN4O2/c14-10-5-9(6-11(15)7-10)13(20)19-3-1-18(2-4-19)8-12(16)17-21/h5-7,21H,1-4,8H2,(H2,16,17). The molecular weight excluding hydrogens is 360 g/mol. The van der Waals surface area contributed by atoms with Crippen molar-refractivity contribution < 1.29 is 10.0 Å². The normalized spacial score (nSPS) is 17.0. The number of halogens is 2. The number of carbonyl (C=O) groups excluding carboxylic acids is 1. The predicted molar refractivity (Wildman–Crippen MR) is 84.9 cm³/mol. The van der Waals surface area contributed by atoms with E-state index in [1.165, 1.54) is 0 Å². The van der Waals surface area contributed by atoms with E-state index in [2.05, 4.69) is 21.1 Å². The van der Waals surface area contributed by atoms with Crippen molar-refractivity contribution in [2.24, 2.45) is 10.9 Å². The number of carbonyl (C=O) groups is 1. The summed E-state index contributed by atoms with van der Waals surface area (Å²) in [6.07, 6.45) is 0. The molecule has 0 aromatic heterocycles. The van der Waals surface area contributed by atoms with Gasteiger partial charge in [-0.15, -0.1) is 0 Å². The summed E-state index contributed by atoms with van der Waals surface area (Å²) >= 11 is 9.31. The number of nitrogens with zero attached hydrogens (tertiary/aromatic N) is 3. The Bertz CT molecular complexity index is 539. The first-order valence-corrected chi connectivity index (χ1v) is 7.61. The van der Waals surface area contributed by atoms with E-state index in [9.17, 15) is 4.79 Å². The first-order chi connectivity index (χ1) is 9.99. The van der Waals surface area contributed by atoms with Crippen LogP contribution in [0.3, 0.4) is 0 Å². The van der Waals surface area contributed by atoms with Crippen LogP contribution in [0.5, 0.6) is 0 Å². The van der Waals surface area contributed by atoms with Gasteiger partial charge in [0, 0.05) is 41.2 Å². The SMILES string of the molecule is N/C(CN1CCN(C(=O)c2cc(Cl)cc(Br)c2)CC1)=N/O. The fraction of sp³-hybridized carbons (Fsp3) is 0.385. The van der Waals surface area contributed by atoms with Crippen LogP contribution >= 0.6 is 27.5 Å². The maximum Gasteiger partial charge on any atom is 0.254 e. The van der Waals surface area contributed by atoms with Crippen LogP contribution in [0.15, 0.2) is 27.8 Å². The number of amidine groups is 1. The molecule has 8 heteroatoms. The van der Waals surface area contributed by atoms with Gasteiger partial charge >= 0.3 is 0 Å². The molecular formula is C13H16BrClN4O2. The number of rotatable bonds is 3. The number of oxime groups is 1. The fourth-order valence-electron chi connectivity index (χ4n) is 2.23. The molecule has 0 atom stereocenters. The van der Waals surface area contributed by atoms with E-state index in [4.69, 9.17) is 22.5 Å². The largest absolute Gasteiger partial charge is 0.409 e. The van der Waals surface area contributed by atoms with Crippen LogP contribution in [0.1, 0.15) is 10.4 Å². The molecule has 1 aromatic carbocycles. The number of benzene rings is 1. The van der Waals surface area contributed by atoms with Crippen molar-refractivity contribution in [2.75, 3.05) is 32.7 Å². The van der Waals surface area contributed by atoms with Crippen molar-refractivity contribution in [3.63, 3.8) is 0 Å². The molecule has 1 aliphatic rings. The first-order valence-electron chi connectivity index (χ1n) is 6.43. The lowest BCUT2D eigenvalue weighted by Gasteiger charge is -2.34. The third-order valence-electron chi connectivity index (χ3n) is 3.28. The Balaban J connectivity index is 1.97. The molecule has 1 amide bonds. The van der Waals surface area contributed by atoms with Gasteiger partial charge in [0.15, 0.2) is 5.84 Å². The summed E-state index contributed by atoms with van der Waals surface area (Å²) in [4.78, 5) is 16.2. The molecule has 3 N–H and O–H groups in total. The van der Waals surface area contributed by atoms with Crippen LogP contribution in [0.4, 0.5) is 0 Å². The summed E-state index contributed by atoms with van der Waals surface area (Å²) in [5.41, 5.74) is 6.05. The molecule has 1 saturated heterocycles. The summed E-state index contributed by atoms with van der Waals surface area (Å²) in [5.74, 6) is 0.134. The Morgan fingerprint density at radius 3 is 2.57 bits per heavy atom. The summed E-state index contributed by atoms with van der Waals surface area (Å²) in [6.45, 7) is 2.97. The van der Waals surface area contributed by atoms with E-state index in [1.807, 2.05) is 4.90 Å². The summed E-state index contributed by atoms with van der Waals surface area (Å²) in [5, 5.41) is 12.0. The molecule has 0 saturated carbocycles. The predicted octanol–water partition coefficient (Wildman–Crippen LogP) is 1.61. The van der Waals surface area contributed by atoms with Crippen molar-refractivity contribution >= 4 is 39.3 Å². The van der Waals surface area contributed by atoms with Crippen LogP contribution in [-0.4, -0.2) is 59.5 Å². The Kier molecular flexibility index (Phi) is 5.44. The lowest BCUT2D eigenvalue weighted by Crippen LogP contribution is -2.50. The minimum atomic E-state index is -0.0401. The number of nitrogens with two attached hydrogens (primary N) is 1. The van der Waals surface area contributed by atoms with Gasteiger partial charge in [-0.25, -0.2) is 0 Å². The van der Waals surface area contributed by atoms with E-state index >= 15 is 0 Å². The number of hydrogen-bond acceptors (Lipinski definition) is 4. The Morgan fingerprint density at radius 2 is 2.00 bits per heavy atom. The molecule has 1 aliphatic heterocycles. The van der Waals surface area contributed by atoms with Crippen molar-refractivity contribution in [1.29, 1.82) is 0 Å². The van der Waals surface area contributed by atoms with Gasteiger partial charge in [0.25, 0.3) is 5.91 Å². The van der Waals surface area contributed by atoms with Crippen LogP contribution < -0.4 is 5.73 Å². The smallest absolute Gasteiger partial charge is 0.254 e. The Morgan fingerprint density at radius 1 is 1.33 bits per heavy atom. The van der Waals surface area contributed by atoms with Gasteiger partial charge in [0.2, 0.25) is 0 Å². The zero-order chi connectivity index (χ0) is 15.4. The number of hydrogen-bond donors (Lipinski definition) is 2. The van der Waals surface area contributed by atoms with E-state index in [-0.39, 0.29) is 11.7 Å². The average molecular weight is 376 g/mol. The van der Waals surface area contributed by atoms with Gasteiger partial charge in [-0.2, -0.15) is 0 Å². The average Bonchev–Trinajstić information content (AvgIpc) is 2.46. The summed E-state index contributed by atoms with van der Waals surface area (Å²) in [7, 11) is 0. The van der Waals surface area contributed by atoms with Gasteiger partial charge < -0.3 is 15.8 Å². The van der Waals surface area contributed by atoms with Gasteiger partial charge in [-0.1, -0.05) is 32.7 Å².